The molecule has 3 rings (SSSR count). The number of carbonyl (C=O) groups excluding carboxylic acids is 1. The molecule has 130 valence electrons. The molecule has 2 aliphatic heterocycles. The van der Waals surface area contributed by atoms with Gasteiger partial charge in [-0.2, -0.15) is 5.10 Å². The predicted octanol–water partition coefficient (Wildman–Crippen LogP) is 2.60. The summed E-state index contributed by atoms with van der Waals surface area (Å²) in [5, 5.41) is 7.39. The molecule has 0 saturated carbocycles. The van der Waals surface area contributed by atoms with Gasteiger partial charge < -0.3 is 10.1 Å². The Labute approximate surface area is 141 Å². The van der Waals surface area contributed by atoms with E-state index in [0.29, 0.717) is 36.6 Å². The topological polar surface area (TPSA) is 62.7 Å². The molecule has 5 nitrogen and oxygen atoms in total. The number of nitrogens with zero attached hydrogens (tertiary/aromatic N) is 1. The van der Waals surface area contributed by atoms with Crippen LogP contribution in [0.25, 0.3) is 0 Å². The number of amides is 1. The molecule has 0 aliphatic carbocycles. The second kappa shape index (κ2) is 8.24. The number of carbonyl (C=O) groups is 1. The van der Waals surface area contributed by atoms with Gasteiger partial charge in [0.25, 0.3) is 0 Å². The van der Waals surface area contributed by atoms with Crippen molar-refractivity contribution in [1.29, 1.82) is 0 Å². The lowest BCUT2D eigenvalue weighted by Crippen LogP contribution is -2.29. The van der Waals surface area contributed by atoms with Crippen LogP contribution >= 0.6 is 0 Å². The summed E-state index contributed by atoms with van der Waals surface area (Å²) in [6, 6.07) is 4.86. The maximum atomic E-state index is 14.2. The Kier molecular flexibility index (Phi) is 5.80. The molecule has 1 saturated heterocycles. The first kappa shape index (κ1) is 16.9. The van der Waals surface area contributed by atoms with E-state index in [1.54, 1.807) is 12.1 Å². The second-order valence-corrected chi connectivity index (χ2v) is 6.44. The third kappa shape index (κ3) is 4.54. The van der Waals surface area contributed by atoms with Gasteiger partial charge in [-0.1, -0.05) is 0 Å². The molecule has 6 heteroatoms. The third-order valence-corrected chi connectivity index (χ3v) is 4.58. The number of benzene rings is 1. The van der Waals surface area contributed by atoms with Crippen molar-refractivity contribution in [3.63, 3.8) is 0 Å². The molecule has 2 heterocycles. The van der Waals surface area contributed by atoms with Gasteiger partial charge in [0.05, 0.1) is 12.3 Å². The minimum absolute atomic E-state index is 0.104. The number of hydrazone groups is 1. The van der Waals surface area contributed by atoms with Crippen LogP contribution < -0.4 is 15.5 Å². The molecule has 1 amide bonds. The van der Waals surface area contributed by atoms with Crippen molar-refractivity contribution in [2.45, 2.75) is 38.5 Å². The van der Waals surface area contributed by atoms with Crippen LogP contribution in [-0.4, -0.2) is 31.3 Å². The average molecular weight is 333 g/mol. The van der Waals surface area contributed by atoms with Crippen molar-refractivity contribution < 1.29 is 13.9 Å². The lowest BCUT2D eigenvalue weighted by Gasteiger charge is -2.22. The first-order valence-electron chi connectivity index (χ1n) is 8.71. The van der Waals surface area contributed by atoms with Gasteiger partial charge in [0.15, 0.2) is 11.6 Å². The summed E-state index contributed by atoms with van der Waals surface area (Å²) < 4.78 is 19.8. The molecule has 24 heavy (non-hydrogen) atoms. The highest BCUT2D eigenvalue weighted by molar-refractivity contribution is 6.04. The Balaban J connectivity index is 1.48. The fourth-order valence-electron chi connectivity index (χ4n) is 3.20. The van der Waals surface area contributed by atoms with Gasteiger partial charge in [-0.25, -0.2) is 9.82 Å². The van der Waals surface area contributed by atoms with E-state index in [1.807, 2.05) is 0 Å². The number of nitrogens with one attached hydrogen (secondary N) is 2. The number of halogens is 1. The molecule has 0 aromatic heterocycles. The summed E-state index contributed by atoms with van der Waals surface area (Å²) in [4.78, 5) is 11.1. The summed E-state index contributed by atoms with van der Waals surface area (Å²) in [5.41, 5.74) is 3.81. The van der Waals surface area contributed by atoms with E-state index >= 15 is 0 Å². The van der Waals surface area contributed by atoms with Gasteiger partial charge in [0.2, 0.25) is 5.91 Å². The van der Waals surface area contributed by atoms with E-state index in [2.05, 4.69) is 15.8 Å². The van der Waals surface area contributed by atoms with Crippen molar-refractivity contribution in [2.75, 3.05) is 19.7 Å². The molecule has 0 radical (unpaired) electrons. The minimum atomic E-state index is -0.383. The normalized spacial score (nSPS) is 21.1. The Morgan fingerprint density at radius 3 is 2.96 bits per heavy atom. The van der Waals surface area contributed by atoms with E-state index in [1.165, 1.54) is 18.9 Å². The van der Waals surface area contributed by atoms with Crippen molar-refractivity contribution in [2.24, 2.45) is 11.0 Å². The van der Waals surface area contributed by atoms with Crippen molar-refractivity contribution >= 4 is 11.6 Å². The molecule has 1 aromatic rings. The molecule has 1 aromatic carbocycles. The molecule has 0 spiro atoms. The Bertz CT molecular complexity index is 612. The Hall–Kier alpha value is -1.95. The van der Waals surface area contributed by atoms with Gasteiger partial charge >= 0.3 is 0 Å². The minimum Gasteiger partial charge on any atom is -0.491 e. The monoisotopic (exact) mass is 333 g/mol. The van der Waals surface area contributed by atoms with Gasteiger partial charge in [-0.3, -0.25) is 4.79 Å². The molecular weight excluding hydrogens is 309 g/mol. The maximum absolute atomic E-state index is 14.2. The van der Waals surface area contributed by atoms with Crippen LogP contribution in [0.5, 0.6) is 5.75 Å². The van der Waals surface area contributed by atoms with Crippen LogP contribution in [0.3, 0.4) is 0 Å². The van der Waals surface area contributed by atoms with Crippen LogP contribution in [0, 0.1) is 11.7 Å². The van der Waals surface area contributed by atoms with Crippen LogP contribution in [0.1, 0.15) is 44.1 Å². The van der Waals surface area contributed by atoms with E-state index < -0.39 is 0 Å². The SMILES string of the molecule is O=C1CCC(c2ccc(OCCCC3CCCNC3)c(F)c2)=NN1. The Morgan fingerprint density at radius 2 is 2.25 bits per heavy atom. The van der Waals surface area contributed by atoms with E-state index in [4.69, 9.17) is 4.74 Å². The zero-order valence-corrected chi connectivity index (χ0v) is 13.8. The Morgan fingerprint density at radius 1 is 1.33 bits per heavy atom. The first-order chi connectivity index (χ1) is 11.7. The standard InChI is InChI=1S/C18H24FN3O2/c19-15-11-14(16-6-8-18(23)22-21-16)5-7-17(15)24-10-2-4-13-3-1-9-20-12-13/h5,7,11,13,20H,1-4,6,8-10,12H2,(H,22,23). The highest BCUT2D eigenvalue weighted by Crippen LogP contribution is 2.22. The van der Waals surface area contributed by atoms with E-state index in [9.17, 15) is 9.18 Å². The quantitative estimate of drug-likeness (QED) is 0.787. The van der Waals surface area contributed by atoms with Gasteiger partial charge in [-0.05, 0) is 62.9 Å². The zero-order chi connectivity index (χ0) is 16.8. The highest BCUT2D eigenvalue weighted by Gasteiger charge is 2.16. The molecule has 1 unspecified atom stereocenters. The highest BCUT2D eigenvalue weighted by atomic mass is 19.1. The molecule has 2 aliphatic rings. The molecular formula is C18H24FN3O2. The van der Waals surface area contributed by atoms with Crippen LogP contribution in [0.2, 0.25) is 0 Å². The van der Waals surface area contributed by atoms with E-state index in [0.717, 1.165) is 25.9 Å². The number of rotatable bonds is 6. The zero-order valence-electron chi connectivity index (χ0n) is 13.8. The molecule has 0 bridgehead atoms. The fourth-order valence-corrected chi connectivity index (χ4v) is 3.20. The largest absolute Gasteiger partial charge is 0.491 e. The lowest BCUT2D eigenvalue weighted by molar-refractivity contribution is -0.121. The second-order valence-electron chi connectivity index (χ2n) is 6.44. The molecule has 1 fully saturated rings. The summed E-state index contributed by atoms with van der Waals surface area (Å²) in [6.07, 6.45) is 5.48. The van der Waals surface area contributed by atoms with Gasteiger partial charge in [0, 0.05) is 18.4 Å². The predicted molar refractivity (Wildman–Crippen MR) is 90.6 cm³/mol. The number of hydrogen-bond donors (Lipinski definition) is 2. The molecule has 2 N–H and O–H groups in total. The third-order valence-electron chi connectivity index (χ3n) is 4.58. The smallest absolute Gasteiger partial charge is 0.240 e. The van der Waals surface area contributed by atoms with Crippen molar-refractivity contribution in [3.05, 3.63) is 29.6 Å². The average Bonchev–Trinajstić information content (AvgIpc) is 2.61. The van der Waals surface area contributed by atoms with Crippen LogP contribution in [0.15, 0.2) is 23.3 Å². The van der Waals surface area contributed by atoms with Crippen LogP contribution in [0.4, 0.5) is 4.39 Å². The summed E-state index contributed by atoms with van der Waals surface area (Å²) in [7, 11) is 0. The first-order valence-corrected chi connectivity index (χ1v) is 8.71. The van der Waals surface area contributed by atoms with Gasteiger partial charge in [-0.15, -0.1) is 0 Å². The van der Waals surface area contributed by atoms with Crippen molar-refractivity contribution in [1.82, 2.24) is 10.7 Å². The number of piperidine rings is 1. The fraction of sp³-hybridized carbons (Fsp3) is 0.556. The number of ether oxygens (including phenoxy) is 1. The number of hydrogen-bond acceptors (Lipinski definition) is 4. The van der Waals surface area contributed by atoms with Crippen LogP contribution in [-0.2, 0) is 4.79 Å². The van der Waals surface area contributed by atoms with Crippen molar-refractivity contribution in [3.8, 4) is 5.75 Å². The van der Waals surface area contributed by atoms with E-state index in [-0.39, 0.29) is 17.5 Å². The lowest BCUT2D eigenvalue weighted by atomic mass is 9.95. The van der Waals surface area contributed by atoms with Gasteiger partial charge in [0.1, 0.15) is 0 Å². The summed E-state index contributed by atoms with van der Waals surface area (Å²) in [6.45, 7) is 2.74. The molecule has 1 atom stereocenters. The summed E-state index contributed by atoms with van der Waals surface area (Å²) in [5.74, 6) is 0.508. The summed E-state index contributed by atoms with van der Waals surface area (Å²) >= 11 is 0. The maximum Gasteiger partial charge on any atom is 0.240 e.